The van der Waals surface area contributed by atoms with Gasteiger partial charge in [0, 0.05) is 6.21 Å². The maximum absolute atomic E-state index is 10.7. The lowest BCUT2D eigenvalue weighted by atomic mass is 10.1. The quantitative estimate of drug-likeness (QED) is 0.549. The standard InChI is InChI=1S/C6H10N2O/c1-5(9)6-3-2-4-7-8-6/h4,6,8H,2-3H2,1H3. The van der Waals surface area contributed by atoms with Crippen LogP contribution in [0, 0.1) is 0 Å². The molecule has 1 unspecified atom stereocenters. The molecule has 0 radical (unpaired) electrons. The second-order valence-electron chi connectivity index (χ2n) is 2.18. The van der Waals surface area contributed by atoms with Gasteiger partial charge >= 0.3 is 0 Å². The Balaban J connectivity index is 2.44. The van der Waals surface area contributed by atoms with Gasteiger partial charge in [-0.25, -0.2) is 0 Å². The summed E-state index contributed by atoms with van der Waals surface area (Å²) >= 11 is 0. The van der Waals surface area contributed by atoms with Crippen LogP contribution in [-0.4, -0.2) is 18.0 Å². The Morgan fingerprint density at radius 2 is 2.67 bits per heavy atom. The summed E-state index contributed by atoms with van der Waals surface area (Å²) in [7, 11) is 0. The highest BCUT2D eigenvalue weighted by atomic mass is 16.1. The number of carbonyl (C=O) groups is 1. The summed E-state index contributed by atoms with van der Waals surface area (Å²) in [6, 6.07) is -0.0324. The van der Waals surface area contributed by atoms with Crippen molar-refractivity contribution >= 4 is 12.0 Å². The molecule has 1 N–H and O–H groups in total. The largest absolute Gasteiger partial charge is 0.300 e. The van der Waals surface area contributed by atoms with Gasteiger partial charge in [-0.05, 0) is 19.8 Å². The van der Waals surface area contributed by atoms with Crippen LogP contribution in [-0.2, 0) is 4.79 Å². The summed E-state index contributed by atoms with van der Waals surface area (Å²) in [6.45, 7) is 1.58. The number of carbonyl (C=O) groups excluding carboxylic acids is 1. The molecule has 0 bridgehead atoms. The molecule has 0 aromatic rings. The van der Waals surface area contributed by atoms with Crippen LogP contribution in [0.4, 0.5) is 0 Å². The fraction of sp³-hybridized carbons (Fsp3) is 0.667. The molecule has 0 saturated heterocycles. The molecule has 1 aliphatic rings. The van der Waals surface area contributed by atoms with Crippen molar-refractivity contribution in [3.8, 4) is 0 Å². The van der Waals surface area contributed by atoms with Gasteiger partial charge in [0.15, 0.2) is 5.78 Å². The molecule has 1 rings (SSSR count). The molecule has 3 heteroatoms. The van der Waals surface area contributed by atoms with Crippen LogP contribution in [0.1, 0.15) is 19.8 Å². The molecule has 0 aromatic carbocycles. The first-order valence-corrected chi connectivity index (χ1v) is 3.08. The lowest BCUT2D eigenvalue weighted by Crippen LogP contribution is -2.34. The van der Waals surface area contributed by atoms with Crippen molar-refractivity contribution in [2.75, 3.05) is 0 Å². The lowest BCUT2D eigenvalue weighted by Gasteiger charge is -2.14. The topological polar surface area (TPSA) is 41.5 Å². The summed E-state index contributed by atoms with van der Waals surface area (Å²) in [6.07, 6.45) is 3.59. The van der Waals surface area contributed by atoms with E-state index in [0.717, 1.165) is 12.8 Å². The monoisotopic (exact) mass is 126 g/mol. The Kier molecular flexibility index (Phi) is 1.82. The maximum atomic E-state index is 10.7. The summed E-state index contributed by atoms with van der Waals surface area (Å²) in [5.74, 6) is 0.173. The molecule has 0 fully saturated rings. The van der Waals surface area contributed by atoms with Gasteiger partial charge in [-0.15, -0.1) is 0 Å². The van der Waals surface area contributed by atoms with E-state index in [1.807, 2.05) is 0 Å². The minimum atomic E-state index is -0.0324. The molecular weight excluding hydrogens is 116 g/mol. The van der Waals surface area contributed by atoms with Gasteiger partial charge in [0.2, 0.25) is 0 Å². The van der Waals surface area contributed by atoms with Crippen molar-refractivity contribution in [2.24, 2.45) is 5.10 Å². The van der Waals surface area contributed by atoms with E-state index in [2.05, 4.69) is 10.5 Å². The van der Waals surface area contributed by atoms with E-state index in [9.17, 15) is 4.79 Å². The Morgan fingerprint density at radius 1 is 1.89 bits per heavy atom. The first-order chi connectivity index (χ1) is 4.30. The number of hydrogen-bond donors (Lipinski definition) is 1. The van der Waals surface area contributed by atoms with Crippen molar-refractivity contribution < 1.29 is 4.79 Å². The SMILES string of the molecule is CC(=O)C1CCC=NN1. The van der Waals surface area contributed by atoms with Crippen LogP contribution in [0.25, 0.3) is 0 Å². The Morgan fingerprint density at radius 3 is 3.00 bits per heavy atom. The number of ketones is 1. The second kappa shape index (κ2) is 2.62. The number of hydrazone groups is 1. The van der Waals surface area contributed by atoms with Gasteiger partial charge in [0.05, 0.1) is 0 Å². The van der Waals surface area contributed by atoms with E-state index in [0.29, 0.717) is 0 Å². The van der Waals surface area contributed by atoms with Crippen molar-refractivity contribution in [1.82, 2.24) is 5.43 Å². The summed E-state index contributed by atoms with van der Waals surface area (Å²) in [5, 5.41) is 3.78. The summed E-state index contributed by atoms with van der Waals surface area (Å²) in [5.41, 5.74) is 2.74. The first-order valence-electron chi connectivity index (χ1n) is 3.08. The van der Waals surface area contributed by atoms with Gasteiger partial charge in [-0.2, -0.15) is 5.10 Å². The van der Waals surface area contributed by atoms with Crippen molar-refractivity contribution in [3.05, 3.63) is 0 Å². The number of Topliss-reactive ketones (excluding diaryl/α,β-unsaturated/α-hetero) is 1. The van der Waals surface area contributed by atoms with E-state index in [1.54, 1.807) is 13.1 Å². The van der Waals surface area contributed by atoms with Crippen LogP contribution in [0.15, 0.2) is 5.10 Å². The van der Waals surface area contributed by atoms with E-state index in [-0.39, 0.29) is 11.8 Å². The highest BCUT2D eigenvalue weighted by molar-refractivity contribution is 5.82. The molecule has 1 atom stereocenters. The molecule has 3 nitrogen and oxygen atoms in total. The predicted octanol–water partition coefficient (Wildman–Crippen LogP) is 0.313. The fourth-order valence-electron chi connectivity index (χ4n) is 0.807. The molecule has 0 amide bonds. The number of nitrogens with zero attached hydrogens (tertiary/aromatic N) is 1. The molecule has 1 aliphatic heterocycles. The van der Waals surface area contributed by atoms with Crippen LogP contribution >= 0.6 is 0 Å². The highest BCUT2D eigenvalue weighted by Gasteiger charge is 2.13. The molecule has 0 aromatic heterocycles. The smallest absolute Gasteiger partial charge is 0.153 e. The molecule has 0 aliphatic carbocycles. The van der Waals surface area contributed by atoms with Gasteiger partial charge < -0.3 is 0 Å². The molecule has 50 valence electrons. The van der Waals surface area contributed by atoms with E-state index >= 15 is 0 Å². The lowest BCUT2D eigenvalue weighted by molar-refractivity contribution is -0.119. The number of rotatable bonds is 1. The van der Waals surface area contributed by atoms with Crippen molar-refractivity contribution in [3.63, 3.8) is 0 Å². The van der Waals surface area contributed by atoms with Crippen LogP contribution in [0.3, 0.4) is 0 Å². The molecule has 0 spiro atoms. The minimum absolute atomic E-state index is 0.0324. The zero-order chi connectivity index (χ0) is 6.69. The fourth-order valence-corrected chi connectivity index (χ4v) is 0.807. The molecule has 1 heterocycles. The molecular formula is C6H10N2O. The Labute approximate surface area is 54.1 Å². The minimum Gasteiger partial charge on any atom is -0.300 e. The second-order valence-corrected chi connectivity index (χ2v) is 2.18. The van der Waals surface area contributed by atoms with Crippen molar-refractivity contribution in [2.45, 2.75) is 25.8 Å². The molecule has 0 saturated carbocycles. The normalized spacial score (nSPS) is 25.2. The average molecular weight is 126 g/mol. The average Bonchev–Trinajstić information content (AvgIpc) is 1.90. The number of nitrogens with one attached hydrogen (secondary N) is 1. The van der Waals surface area contributed by atoms with Crippen LogP contribution in [0.5, 0.6) is 0 Å². The summed E-state index contributed by atoms with van der Waals surface area (Å²) < 4.78 is 0. The van der Waals surface area contributed by atoms with Gasteiger partial charge in [-0.3, -0.25) is 10.2 Å². The Hall–Kier alpha value is -0.860. The van der Waals surface area contributed by atoms with Crippen LogP contribution in [0.2, 0.25) is 0 Å². The van der Waals surface area contributed by atoms with Crippen LogP contribution < -0.4 is 5.43 Å². The Bertz CT molecular complexity index is 142. The zero-order valence-corrected chi connectivity index (χ0v) is 5.42. The third kappa shape index (κ3) is 1.52. The summed E-state index contributed by atoms with van der Waals surface area (Å²) in [4.78, 5) is 10.7. The van der Waals surface area contributed by atoms with E-state index in [1.165, 1.54) is 0 Å². The van der Waals surface area contributed by atoms with Crippen molar-refractivity contribution in [1.29, 1.82) is 0 Å². The first kappa shape index (κ1) is 6.26. The maximum Gasteiger partial charge on any atom is 0.153 e. The van der Waals surface area contributed by atoms with E-state index < -0.39 is 0 Å². The van der Waals surface area contributed by atoms with Gasteiger partial charge in [-0.1, -0.05) is 0 Å². The highest BCUT2D eigenvalue weighted by Crippen LogP contribution is 2.00. The third-order valence-electron chi connectivity index (χ3n) is 1.40. The third-order valence-corrected chi connectivity index (χ3v) is 1.40. The molecule has 9 heavy (non-hydrogen) atoms. The van der Waals surface area contributed by atoms with E-state index in [4.69, 9.17) is 0 Å². The van der Waals surface area contributed by atoms with Gasteiger partial charge in [0.1, 0.15) is 6.04 Å². The zero-order valence-electron chi connectivity index (χ0n) is 5.42. The predicted molar refractivity (Wildman–Crippen MR) is 35.3 cm³/mol. The number of hydrogen-bond acceptors (Lipinski definition) is 3. The van der Waals surface area contributed by atoms with Gasteiger partial charge in [0.25, 0.3) is 0 Å².